The molecule has 13 nitrogen and oxygen atoms in total. The smallest absolute Gasteiger partial charge is 0.410 e. The van der Waals surface area contributed by atoms with E-state index < -0.39 is 16.8 Å². The molecule has 17 heteroatoms. The Kier molecular flexibility index (Phi) is 28.8. The van der Waals surface area contributed by atoms with Crippen molar-refractivity contribution in [2.45, 2.75) is 143 Å². The van der Waals surface area contributed by atoms with Gasteiger partial charge in [-0.3, -0.25) is 4.79 Å². The van der Waals surface area contributed by atoms with Gasteiger partial charge in [-0.2, -0.15) is 0 Å². The summed E-state index contributed by atoms with van der Waals surface area (Å²) in [6.07, 6.45) is 12.2. The van der Waals surface area contributed by atoms with Crippen molar-refractivity contribution in [2.24, 2.45) is 0 Å². The molecular weight excluding hydrogens is 930 g/mol. The van der Waals surface area contributed by atoms with Crippen LogP contribution in [0.4, 0.5) is 14.4 Å². The van der Waals surface area contributed by atoms with Crippen molar-refractivity contribution in [1.29, 1.82) is 0 Å². The molecule has 376 valence electrons. The molecule has 5 aliphatic rings. The minimum atomic E-state index is -0.479. The summed E-state index contributed by atoms with van der Waals surface area (Å²) in [6.45, 7) is 31.5. The van der Waals surface area contributed by atoms with Crippen molar-refractivity contribution >= 4 is 71.0 Å². The van der Waals surface area contributed by atoms with Gasteiger partial charge in [-0.25, -0.2) is 14.4 Å². The van der Waals surface area contributed by atoms with Crippen molar-refractivity contribution in [1.82, 2.24) is 20.0 Å². The SMILES string of the molecule is C1CCOC1.C=CC(Cl)=C1CCN(C(=O)OC(C)(C)C)CC1.C=CC(Cl)=C1CCNCC1.CC(C)(C)OC(=O)N1CCC(=C(Cl)C=O)CC1.CC(C)(C)OC(=O)N1CCC(=C(Cl)CO)CC1. The number of nitrogens with one attached hydrogen (secondary N) is 1. The van der Waals surface area contributed by atoms with Gasteiger partial charge < -0.3 is 44.1 Å². The minimum Gasteiger partial charge on any atom is -0.444 e. The second kappa shape index (κ2) is 31.2. The Morgan fingerprint density at radius 2 is 0.879 bits per heavy atom. The zero-order chi connectivity index (χ0) is 50.1. The molecule has 5 saturated heterocycles. The number of hydrogen-bond acceptors (Lipinski definition) is 10. The molecule has 2 N–H and O–H groups in total. The Morgan fingerprint density at radius 1 is 0.576 bits per heavy atom. The van der Waals surface area contributed by atoms with E-state index in [0.29, 0.717) is 81.3 Å². The van der Waals surface area contributed by atoms with Gasteiger partial charge in [0, 0.05) is 67.6 Å². The first kappa shape index (κ1) is 61.0. The van der Waals surface area contributed by atoms with Crippen LogP contribution in [0.25, 0.3) is 0 Å². The molecule has 0 aromatic heterocycles. The minimum absolute atomic E-state index is 0.122. The van der Waals surface area contributed by atoms with Gasteiger partial charge in [-0.1, -0.05) is 71.7 Å². The zero-order valence-corrected chi connectivity index (χ0v) is 44.1. The van der Waals surface area contributed by atoms with E-state index in [1.54, 1.807) is 26.9 Å². The predicted molar refractivity (Wildman–Crippen MR) is 268 cm³/mol. The summed E-state index contributed by atoms with van der Waals surface area (Å²) in [5.41, 5.74) is 3.09. The summed E-state index contributed by atoms with van der Waals surface area (Å²) in [5.74, 6) is 0. The number of carbonyl (C=O) groups is 4. The van der Waals surface area contributed by atoms with Crippen LogP contribution in [-0.4, -0.2) is 133 Å². The molecule has 66 heavy (non-hydrogen) atoms. The largest absolute Gasteiger partial charge is 0.444 e. The third-order valence-electron chi connectivity index (χ3n) is 10.1. The van der Waals surface area contributed by atoms with Crippen LogP contribution in [0.3, 0.4) is 0 Å². The number of nitrogens with zero attached hydrogens (tertiary/aromatic N) is 3. The van der Waals surface area contributed by atoms with E-state index in [2.05, 4.69) is 18.5 Å². The molecule has 0 unspecified atom stereocenters. The zero-order valence-electron chi connectivity index (χ0n) is 41.1. The van der Waals surface area contributed by atoms with Gasteiger partial charge in [0.15, 0.2) is 6.29 Å². The molecule has 0 radical (unpaired) electrons. The molecule has 0 bridgehead atoms. The lowest BCUT2D eigenvalue weighted by molar-refractivity contribution is -0.104. The normalized spacial score (nSPS) is 17.6. The third kappa shape index (κ3) is 26.5. The van der Waals surface area contributed by atoms with E-state index in [9.17, 15) is 19.2 Å². The first-order chi connectivity index (χ1) is 30.8. The summed E-state index contributed by atoms with van der Waals surface area (Å²) in [5, 5.41) is 14.5. The lowest BCUT2D eigenvalue weighted by atomic mass is 10.0. The van der Waals surface area contributed by atoms with Crippen LogP contribution in [0.2, 0.25) is 0 Å². The third-order valence-corrected chi connectivity index (χ3v) is 11.7. The highest BCUT2D eigenvalue weighted by molar-refractivity contribution is 6.39. The summed E-state index contributed by atoms with van der Waals surface area (Å²) >= 11 is 23.5. The number of carbonyl (C=O) groups excluding carboxylic acids is 4. The van der Waals surface area contributed by atoms with E-state index in [0.717, 1.165) is 68.2 Å². The molecule has 0 aromatic rings. The highest BCUT2D eigenvalue weighted by Gasteiger charge is 2.28. The standard InChI is InChI=1S/C13H20ClNO2.C12H20ClNO3.C12H18ClNO3.C8H12ClN.C4H8O/c1-5-11(14)10-6-8-15(9-7-10)12(16)17-13(2,3)4;2*1-12(2,3)17-11(16)14-6-4-9(5-7-14)10(13)8-15;1-2-8(9)7-3-5-10-6-4-7;1-2-4-5-3-1/h5H,1,6-9H2,2-4H3;15H,4-8H2,1-3H3;8H,4-7H2,1-3H3;2,10H,1,3-6H2;1-4H2. The van der Waals surface area contributed by atoms with E-state index >= 15 is 0 Å². The fraction of sp³-hybridized carbons (Fsp3) is 0.673. The average Bonchev–Trinajstić information content (AvgIpc) is 3.88. The number of aldehydes is 1. The molecular formula is C49H78Cl4N4O9. The monoisotopic (exact) mass is 1010 g/mol. The fourth-order valence-corrected chi connectivity index (χ4v) is 7.32. The molecule has 5 heterocycles. The highest BCUT2D eigenvalue weighted by atomic mass is 35.5. The number of halogens is 4. The van der Waals surface area contributed by atoms with E-state index in [1.165, 1.54) is 24.0 Å². The van der Waals surface area contributed by atoms with Crippen molar-refractivity contribution < 1.29 is 43.2 Å². The fourth-order valence-electron chi connectivity index (χ4n) is 6.57. The van der Waals surface area contributed by atoms with Crippen LogP contribution in [0.15, 0.2) is 67.7 Å². The lowest BCUT2D eigenvalue weighted by Crippen LogP contribution is -2.40. The van der Waals surface area contributed by atoms with Gasteiger partial charge in [0.05, 0.1) is 11.6 Å². The maximum Gasteiger partial charge on any atom is 0.410 e. The topological polar surface area (TPSA) is 147 Å². The second-order valence-corrected chi connectivity index (χ2v) is 20.7. The van der Waals surface area contributed by atoms with E-state index in [4.69, 9.17) is 70.5 Å². The van der Waals surface area contributed by atoms with Crippen LogP contribution in [0, 0.1) is 0 Å². The Labute approximate surface area is 415 Å². The van der Waals surface area contributed by atoms with Crippen molar-refractivity contribution in [3.05, 3.63) is 67.7 Å². The number of allylic oxidation sites excluding steroid dienone is 5. The first-order valence-corrected chi connectivity index (χ1v) is 24.4. The highest BCUT2D eigenvalue weighted by Crippen LogP contribution is 2.26. The van der Waals surface area contributed by atoms with Gasteiger partial charge in [-0.15, -0.1) is 0 Å². The maximum absolute atomic E-state index is 11.8. The van der Waals surface area contributed by atoms with Crippen LogP contribution in [0.1, 0.15) is 127 Å². The second-order valence-electron chi connectivity index (χ2n) is 19.0. The Bertz CT molecular complexity index is 1610. The molecule has 3 amide bonds. The molecule has 0 atom stereocenters. The van der Waals surface area contributed by atoms with Crippen LogP contribution < -0.4 is 5.32 Å². The van der Waals surface area contributed by atoms with Gasteiger partial charge >= 0.3 is 18.3 Å². The van der Waals surface area contributed by atoms with Gasteiger partial charge in [0.1, 0.15) is 16.8 Å². The summed E-state index contributed by atoms with van der Waals surface area (Å²) < 4.78 is 20.8. The molecule has 0 spiro atoms. The molecule has 0 aromatic carbocycles. The Hall–Kier alpha value is -3.04. The number of amides is 3. The summed E-state index contributed by atoms with van der Waals surface area (Å²) in [6, 6.07) is 0. The quantitative estimate of drug-likeness (QED) is 0.158. The van der Waals surface area contributed by atoms with Gasteiger partial charge in [0.2, 0.25) is 0 Å². The predicted octanol–water partition coefficient (Wildman–Crippen LogP) is 11.8. The number of likely N-dealkylation sites (tertiary alicyclic amines) is 3. The van der Waals surface area contributed by atoms with Gasteiger partial charge in [-0.05, 0) is 162 Å². The summed E-state index contributed by atoms with van der Waals surface area (Å²) in [7, 11) is 0. The Morgan fingerprint density at radius 3 is 1.14 bits per heavy atom. The molecule has 0 aliphatic carbocycles. The van der Waals surface area contributed by atoms with E-state index in [1.807, 2.05) is 62.3 Å². The molecule has 5 rings (SSSR count). The van der Waals surface area contributed by atoms with Crippen LogP contribution >= 0.6 is 46.4 Å². The summed E-state index contributed by atoms with van der Waals surface area (Å²) in [4.78, 5) is 50.9. The van der Waals surface area contributed by atoms with E-state index in [-0.39, 0.29) is 29.9 Å². The Balaban J connectivity index is 0.000000429. The molecule has 5 aliphatic heterocycles. The number of ether oxygens (including phenoxy) is 4. The number of rotatable bonds is 4. The van der Waals surface area contributed by atoms with Gasteiger partial charge in [0.25, 0.3) is 0 Å². The first-order valence-electron chi connectivity index (χ1n) is 22.9. The van der Waals surface area contributed by atoms with Crippen molar-refractivity contribution in [3.63, 3.8) is 0 Å². The van der Waals surface area contributed by atoms with Crippen molar-refractivity contribution in [2.75, 3.05) is 72.2 Å². The number of hydrogen-bond donors (Lipinski definition) is 2. The number of piperidine rings is 4. The average molecular weight is 1010 g/mol. The molecule has 5 fully saturated rings. The molecule has 0 saturated carbocycles. The lowest BCUT2D eigenvalue weighted by Gasteiger charge is -2.31. The van der Waals surface area contributed by atoms with Crippen LogP contribution in [-0.2, 0) is 23.7 Å². The van der Waals surface area contributed by atoms with Crippen LogP contribution in [0.5, 0.6) is 0 Å². The van der Waals surface area contributed by atoms with Crippen molar-refractivity contribution in [3.8, 4) is 0 Å². The number of aliphatic hydroxyl groups excluding tert-OH is 1. The maximum atomic E-state index is 11.8. The number of aliphatic hydroxyl groups is 1.